The van der Waals surface area contributed by atoms with E-state index in [0.717, 1.165) is 56.5 Å². The molecule has 0 spiro atoms. The Morgan fingerprint density at radius 2 is 1.88 bits per heavy atom. The van der Waals surface area contributed by atoms with Crippen molar-refractivity contribution in [2.75, 3.05) is 26.7 Å². The molecule has 0 bridgehead atoms. The fraction of sp³-hybridized carbons (Fsp3) is 0.600. The van der Waals surface area contributed by atoms with Crippen molar-refractivity contribution >= 4 is 11.8 Å². The third-order valence-electron chi connectivity index (χ3n) is 5.29. The topological polar surface area (TPSA) is 49.9 Å². The van der Waals surface area contributed by atoms with Crippen molar-refractivity contribution in [3.8, 4) is 5.75 Å². The maximum absolute atomic E-state index is 12.8. The minimum Gasteiger partial charge on any atom is -0.497 e. The van der Waals surface area contributed by atoms with Crippen molar-refractivity contribution in [1.82, 2.24) is 9.80 Å². The zero-order valence-electron chi connectivity index (χ0n) is 15.1. The number of rotatable bonds is 5. The largest absolute Gasteiger partial charge is 0.497 e. The fourth-order valence-corrected chi connectivity index (χ4v) is 3.86. The van der Waals surface area contributed by atoms with Crippen LogP contribution in [0.25, 0.3) is 0 Å². The lowest BCUT2D eigenvalue weighted by molar-refractivity contribution is -0.147. The molecule has 2 heterocycles. The molecule has 0 aliphatic carbocycles. The first-order valence-electron chi connectivity index (χ1n) is 9.40. The van der Waals surface area contributed by atoms with E-state index in [2.05, 4.69) is 0 Å². The lowest BCUT2D eigenvalue weighted by Gasteiger charge is -2.37. The molecule has 0 N–H and O–H groups in total. The predicted octanol–water partition coefficient (Wildman–Crippen LogP) is 2.63. The lowest BCUT2D eigenvalue weighted by atomic mass is 9.99. The van der Waals surface area contributed by atoms with Crippen LogP contribution in [-0.2, 0) is 16.0 Å². The fourth-order valence-electron chi connectivity index (χ4n) is 3.86. The van der Waals surface area contributed by atoms with Gasteiger partial charge in [0.1, 0.15) is 11.8 Å². The lowest BCUT2D eigenvalue weighted by Crippen LogP contribution is -2.52. The van der Waals surface area contributed by atoms with Crippen molar-refractivity contribution < 1.29 is 14.3 Å². The zero-order valence-corrected chi connectivity index (χ0v) is 15.1. The van der Waals surface area contributed by atoms with Gasteiger partial charge in [0.15, 0.2) is 0 Å². The molecular weight excluding hydrogens is 316 g/mol. The van der Waals surface area contributed by atoms with Crippen LogP contribution in [0, 0.1) is 0 Å². The molecule has 1 aromatic carbocycles. The van der Waals surface area contributed by atoms with E-state index in [1.54, 1.807) is 7.11 Å². The predicted molar refractivity (Wildman–Crippen MR) is 96.5 cm³/mol. The van der Waals surface area contributed by atoms with Gasteiger partial charge >= 0.3 is 0 Å². The Hall–Kier alpha value is -2.04. The number of benzene rings is 1. The highest BCUT2D eigenvalue weighted by molar-refractivity contribution is 5.88. The van der Waals surface area contributed by atoms with Gasteiger partial charge in [-0.15, -0.1) is 0 Å². The van der Waals surface area contributed by atoms with Crippen LogP contribution < -0.4 is 4.74 Å². The van der Waals surface area contributed by atoms with Crippen molar-refractivity contribution in [3.05, 3.63) is 29.8 Å². The summed E-state index contributed by atoms with van der Waals surface area (Å²) in [5.74, 6) is 1.07. The molecule has 1 unspecified atom stereocenters. The van der Waals surface area contributed by atoms with E-state index in [4.69, 9.17) is 4.74 Å². The average Bonchev–Trinajstić information content (AvgIpc) is 3.20. The highest BCUT2D eigenvalue weighted by atomic mass is 16.5. The molecule has 2 aliphatic heterocycles. The maximum atomic E-state index is 12.8. The SMILES string of the molecule is COc1cccc(CCC(=O)N2CCCCC2C(=O)N2CCCC2)c1. The Morgan fingerprint density at radius 1 is 1.12 bits per heavy atom. The van der Waals surface area contributed by atoms with Crippen LogP contribution >= 0.6 is 0 Å². The summed E-state index contributed by atoms with van der Waals surface area (Å²) >= 11 is 0. The molecule has 0 aromatic heterocycles. The van der Waals surface area contributed by atoms with Crippen molar-refractivity contribution in [3.63, 3.8) is 0 Å². The summed E-state index contributed by atoms with van der Waals surface area (Å²) in [6, 6.07) is 7.58. The third kappa shape index (κ3) is 4.33. The van der Waals surface area contributed by atoms with Gasteiger partial charge in [0, 0.05) is 26.1 Å². The van der Waals surface area contributed by atoms with Gasteiger partial charge in [-0.05, 0) is 56.2 Å². The Morgan fingerprint density at radius 3 is 2.64 bits per heavy atom. The summed E-state index contributed by atoms with van der Waals surface area (Å²) in [6.45, 7) is 2.41. The summed E-state index contributed by atoms with van der Waals surface area (Å²) in [4.78, 5) is 29.3. The van der Waals surface area contributed by atoms with Gasteiger partial charge in [0.2, 0.25) is 11.8 Å². The normalized spacial score (nSPS) is 20.6. The van der Waals surface area contributed by atoms with Crippen LogP contribution in [0.5, 0.6) is 5.75 Å². The number of amides is 2. The summed E-state index contributed by atoms with van der Waals surface area (Å²) in [5, 5.41) is 0. The number of hydrogen-bond donors (Lipinski definition) is 0. The highest BCUT2D eigenvalue weighted by Crippen LogP contribution is 2.23. The molecule has 2 saturated heterocycles. The number of nitrogens with zero attached hydrogens (tertiary/aromatic N) is 2. The smallest absolute Gasteiger partial charge is 0.245 e. The number of likely N-dealkylation sites (tertiary alicyclic amines) is 2. The quantitative estimate of drug-likeness (QED) is 0.825. The number of ether oxygens (including phenoxy) is 1. The Balaban J connectivity index is 1.61. The van der Waals surface area contributed by atoms with Gasteiger partial charge in [-0.2, -0.15) is 0 Å². The molecule has 2 aliphatic rings. The molecule has 5 nitrogen and oxygen atoms in total. The third-order valence-corrected chi connectivity index (χ3v) is 5.29. The van der Waals surface area contributed by atoms with Gasteiger partial charge in [0.25, 0.3) is 0 Å². The second-order valence-electron chi connectivity index (χ2n) is 6.98. The molecule has 0 radical (unpaired) electrons. The van der Waals surface area contributed by atoms with Gasteiger partial charge in [-0.1, -0.05) is 12.1 Å². The minimum absolute atomic E-state index is 0.0973. The standard InChI is InChI=1S/C20H28N2O3/c1-25-17-8-6-7-16(15-17)10-11-19(23)22-14-3-2-9-18(22)20(24)21-12-4-5-13-21/h6-8,15,18H,2-5,9-14H2,1H3. The first-order chi connectivity index (χ1) is 12.2. The van der Waals surface area contributed by atoms with E-state index in [0.29, 0.717) is 19.4 Å². The number of carbonyl (C=O) groups is 2. The molecule has 1 aromatic rings. The Kier molecular flexibility index (Phi) is 5.95. The summed E-state index contributed by atoms with van der Waals surface area (Å²) in [7, 11) is 1.65. The summed E-state index contributed by atoms with van der Waals surface area (Å²) < 4.78 is 5.24. The average molecular weight is 344 g/mol. The summed E-state index contributed by atoms with van der Waals surface area (Å²) in [6.07, 6.45) is 6.12. The molecule has 136 valence electrons. The Labute approximate surface area is 149 Å². The molecule has 5 heteroatoms. The first kappa shape index (κ1) is 17.8. The number of piperidine rings is 1. The van der Waals surface area contributed by atoms with Gasteiger partial charge in [-0.3, -0.25) is 9.59 Å². The molecule has 2 amide bonds. The molecule has 2 fully saturated rings. The van der Waals surface area contributed by atoms with Crippen LogP contribution in [-0.4, -0.2) is 54.4 Å². The van der Waals surface area contributed by atoms with E-state index < -0.39 is 0 Å². The first-order valence-corrected chi connectivity index (χ1v) is 9.40. The number of aryl methyl sites for hydroxylation is 1. The van der Waals surface area contributed by atoms with E-state index in [-0.39, 0.29) is 17.9 Å². The summed E-state index contributed by atoms with van der Waals surface area (Å²) in [5.41, 5.74) is 1.09. The molecule has 25 heavy (non-hydrogen) atoms. The molecule has 3 rings (SSSR count). The van der Waals surface area contributed by atoms with Crippen molar-refractivity contribution in [2.24, 2.45) is 0 Å². The molecular formula is C20H28N2O3. The number of carbonyl (C=O) groups excluding carboxylic acids is 2. The van der Waals surface area contributed by atoms with E-state index in [1.807, 2.05) is 34.1 Å². The zero-order chi connectivity index (χ0) is 17.6. The number of methoxy groups -OCH3 is 1. The van der Waals surface area contributed by atoms with Crippen molar-refractivity contribution in [1.29, 1.82) is 0 Å². The minimum atomic E-state index is -0.246. The van der Waals surface area contributed by atoms with E-state index in [9.17, 15) is 9.59 Å². The van der Waals surface area contributed by atoms with E-state index >= 15 is 0 Å². The number of hydrogen-bond acceptors (Lipinski definition) is 3. The Bertz CT molecular complexity index is 611. The van der Waals surface area contributed by atoms with Crippen LogP contribution in [0.2, 0.25) is 0 Å². The van der Waals surface area contributed by atoms with Gasteiger partial charge in [0.05, 0.1) is 7.11 Å². The van der Waals surface area contributed by atoms with Crippen LogP contribution in [0.15, 0.2) is 24.3 Å². The molecule has 0 saturated carbocycles. The molecule has 1 atom stereocenters. The monoisotopic (exact) mass is 344 g/mol. The maximum Gasteiger partial charge on any atom is 0.245 e. The second kappa shape index (κ2) is 8.37. The van der Waals surface area contributed by atoms with Crippen LogP contribution in [0.4, 0.5) is 0 Å². The second-order valence-corrected chi connectivity index (χ2v) is 6.98. The van der Waals surface area contributed by atoms with Crippen molar-refractivity contribution in [2.45, 2.75) is 51.0 Å². The van der Waals surface area contributed by atoms with Gasteiger partial charge in [-0.25, -0.2) is 0 Å². The van der Waals surface area contributed by atoms with E-state index in [1.165, 1.54) is 0 Å². The van der Waals surface area contributed by atoms with Crippen LogP contribution in [0.3, 0.4) is 0 Å². The highest BCUT2D eigenvalue weighted by Gasteiger charge is 2.35. The van der Waals surface area contributed by atoms with Crippen LogP contribution in [0.1, 0.15) is 44.1 Å². The van der Waals surface area contributed by atoms with Gasteiger partial charge < -0.3 is 14.5 Å².